The van der Waals surface area contributed by atoms with Gasteiger partial charge in [0.1, 0.15) is 0 Å². The molecule has 74 valence electrons. The fourth-order valence-electron chi connectivity index (χ4n) is 1.46. The van der Waals surface area contributed by atoms with Gasteiger partial charge in [-0.05, 0) is 39.5 Å². The molecule has 0 fully saturated rings. The van der Waals surface area contributed by atoms with Crippen LogP contribution in [0.2, 0.25) is 0 Å². The highest BCUT2D eigenvalue weighted by Crippen LogP contribution is 1.98. The van der Waals surface area contributed by atoms with Gasteiger partial charge in [-0.1, -0.05) is 20.3 Å². The van der Waals surface area contributed by atoms with Gasteiger partial charge in [0.2, 0.25) is 0 Å². The Morgan fingerprint density at radius 2 is 2.08 bits per heavy atom. The van der Waals surface area contributed by atoms with E-state index in [2.05, 4.69) is 31.1 Å². The summed E-state index contributed by atoms with van der Waals surface area (Å²) in [7, 11) is 4.23. The molecule has 1 N–H and O–H groups in total. The van der Waals surface area contributed by atoms with E-state index in [0.29, 0.717) is 0 Å². The summed E-state index contributed by atoms with van der Waals surface area (Å²) in [5.74, 6) is 0.761. The van der Waals surface area contributed by atoms with Gasteiger partial charge >= 0.3 is 0 Å². The van der Waals surface area contributed by atoms with Gasteiger partial charge in [0, 0.05) is 6.54 Å². The standard InChI is InChI=1S/C10H24N2/c1-5-6-7-12(4)9-10(2)8-11-3/h10-11H,5-9H2,1-4H3. The van der Waals surface area contributed by atoms with Crippen molar-refractivity contribution in [3.8, 4) is 0 Å². The summed E-state index contributed by atoms with van der Waals surface area (Å²) >= 11 is 0. The van der Waals surface area contributed by atoms with Gasteiger partial charge in [-0.15, -0.1) is 0 Å². The molecule has 0 bridgehead atoms. The minimum atomic E-state index is 0.761. The van der Waals surface area contributed by atoms with Gasteiger partial charge in [0.05, 0.1) is 0 Å². The van der Waals surface area contributed by atoms with Crippen LogP contribution in [0, 0.1) is 5.92 Å². The van der Waals surface area contributed by atoms with Gasteiger partial charge in [-0.3, -0.25) is 0 Å². The topological polar surface area (TPSA) is 15.3 Å². The fourth-order valence-corrected chi connectivity index (χ4v) is 1.46. The monoisotopic (exact) mass is 172 g/mol. The predicted octanol–water partition coefficient (Wildman–Crippen LogP) is 1.57. The summed E-state index contributed by atoms with van der Waals surface area (Å²) in [6, 6.07) is 0. The second-order valence-corrected chi connectivity index (χ2v) is 3.78. The lowest BCUT2D eigenvalue weighted by molar-refractivity contribution is 0.279. The lowest BCUT2D eigenvalue weighted by Gasteiger charge is -2.20. The maximum atomic E-state index is 3.20. The minimum Gasteiger partial charge on any atom is -0.319 e. The Balaban J connectivity index is 3.33. The molecule has 1 atom stereocenters. The van der Waals surface area contributed by atoms with Crippen LogP contribution in [0.25, 0.3) is 0 Å². The molecule has 2 nitrogen and oxygen atoms in total. The highest BCUT2D eigenvalue weighted by molar-refractivity contribution is 4.60. The zero-order valence-corrected chi connectivity index (χ0v) is 9.06. The molecule has 1 unspecified atom stereocenters. The first-order valence-electron chi connectivity index (χ1n) is 5.03. The zero-order valence-electron chi connectivity index (χ0n) is 9.06. The van der Waals surface area contributed by atoms with Gasteiger partial charge in [0.15, 0.2) is 0 Å². The zero-order chi connectivity index (χ0) is 9.40. The largest absolute Gasteiger partial charge is 0.319 e. The molecular weight excluding hydrogens is 148 g/mol. The van der Waals surface area contributed by atoms with Crippen molar-refractivity contribution in [2.75, 3.05) is 33.7 Å². The van der Waals surface area contributed by atoms with Crippen LogP contribution >= 0.6 is 0 Å². The van der Waals surface area contributed by atoms with Gasteiger partial charge < -0.3 is 10.2 Å². The molecule has 12 heavy (non-hydrogen) atoms. The first-order valence-corrected chi connectivity index (χ1v) is 5.03. The van der Waals surface area contributed by atoms with E-state index < -0.39 is 0 Å². The van der Waals surface area contributed by atoms with E-state index in [1.807, 2.05) is 7.05 Å². The summed E-state index contributed by atoms with van der Waals surface area (Å²) in [6.07, 6.45) is 2.62. The Morgan fingerprint density at radius 3 is 2.58 bits per heavy atom. The number of unbranched alkanes of at least 4 members (excludes halogenated alkanes) is 1. The Kier molecular flexibility index (Phi) is 7.51. The second kappa shape index (κ2) is 7.56. The van der Waals surface area contributed by atoms with Crippen LogP contribution in [-0.2, 0) is 0 Å². The van der Waals surface area contributed by atoms with E-state index in [1.54, 1.807) is 0 Å². The summed E-state index contributed by atoms with van der Waals surface area (Å²) < 4.78 is 0. The molecule has 0 aliphatic carbocycles. The summed E-state index contributed by atoms with van der Waals surface area (Å²) in [5.41, 5.74) is 0. The molecule has 0 saturated heterocycles. The molecule has 0 aromatic rings. The third kappa shape index (κ3) is 6.62. The van der Waals surface area contributed by atoms with Crippen LogP contribution in [0.3, 0.4) is 0 Å². The highest BCUT2D eigenvalue weighted by Gasteiger charge is 2.03. The van der Waals surface area contributed by atoms with E-state index in [9.17, 15) is 0 Å². The fraction of sp³-hybridized carbons (Fsp3) is 1.00. The Labute approximate surface area is 77.3 Å². The summed E-state index contributed by atoms with van der Waals surface area (Å²) in [6.45, 7) is 8.10. The van der Waals surface area contributed by atoms with Crippen LogP contribution in [0.4, 0.5) is 0 Å². The molecule has 0 saturated carbocycles. The molecule has 0 aliphatic rings. The molecule has 0 aromatic carbocycles. The van der Waals surface area contributed by atoms with Crippen LogP contribution in [-0.4, -0.2) is 38.6 Å². The highest BCUT2D eigenvalue weighted by atomic mass is 15.1. The normalized spacial score (nSPS) is 13.8. The molecule has 0 aromatic heterocycles. The lowest BCUT2D eigenvalue weighted by atomic mass is 10.1. The van der Waals surface area contributed by atoms with E-state index in [1.165, 1.54) is 25.9 Å². The second-order valence-electron chi connectivity index (χ2n) is 3.78. The Hall–Kier alpha value is -0.0800. The first kappa shape index (κ1) is 11.9. The van der Waals surface area contributed by atoms with E-state index in [-0.39, 0.29) is 0 Å². The number of rotatable bonds is 7. The molecule has 0 radical (unpaired) electrons. The van der Waals surface area contributed by atoms with E-state index in [4.69, 9.17) is 0 Å². The average molecular weight is 172 g/mol. The predicted molar refractivity (Wildman–Crippen MR) is 55.5 cm³/mol. The first-order chi connectivity index (χ1) is 5.70. The van der Waals surface area contributed by atoms with E-state index in [0.717, 1.165) is 12.5 Å². The molecule has 0 rings (SSSR count). The molecule has 0 heterocycles. The van der Waals surface area contributed by atoms with Crippen molar-refractivity contribution in [3.63, 3.8) is 0 Å². The third-order valence-corrected chi connectivity index (χ3v) is 2.07. The molecule has 0 aliphatic heterocycles. The molecule has 0 spiro atoms. The average Bonchev–Trinajstić information content (AvgIpc) is 2.01. The number of hydrogen-bond acceptors (Lipinski definition) is 2. The quantitative estimate of drug-likeness (QED) is 0.627. The lowest BCUT2D eigenvalue weighted by Crippen LogP contribution is -2.30. The molecular formula is C10H24N2. The van der Waals surface area contributed by atoms with Crippen molar-refractivity contribution in [2.45, 2.75) is 26.7 Å². The van der Waals surface area contributed by atoms with Crippen LogP contribution < -0.4 is 5.32 Å². The maximum Gasteiger partial charge on any atom is 0.00161 e. The van der Waals surface area contributed by atoms with Crippen LogP contribution in [0.1, 0.15) is 26.7 Å². The van der Waals surface area contributed by atoms with Gasteiger partial charge in [-0.25, -0.2) is 0 Å². The van der Waals surface area contributed by atoms with Crippen molar-refractivity contribution >= 4 is 0 Å². The summed E-state index contributed by atoms with van der Waals surface area (Å²) in [4.78, 5) is 2.42. The smallest absolute Gasteiger partial charge is 0.00161 e. The minimum absolute atomic E-state index is 0.761. The number of nitrogens with one attached hydrogen (secondary N) is 1. The third-order valence-electron chi connectivity index (χ3n) is 2.07. The van der Waals surface area contributed by atoms with Crippen molar-refractivity contribution < 1.29 is 0 Å². The number of nitrogens with zero attached hydrogens (tertiary/aromatic N) is 1. The molecule has 0 amide bonds. The van der Waals surface area contributed by atoms with Crippen molar-refractivity contribution in [1.29, 1.82) is 0 Å². The van der Waals surface area contributed by atoms with Gasteiger partial charge in [-0.2, -0.15) is 0 Å². The van der Waals surface area contributed by atoms with Crippen molar-refractivity contribution in [3.05, 3.63) is 0 Å². The number of hydrogen-bond donors (Lipinski definition) is 1. The SMILES string of the molecule is CCCCN(C)CC(C)CNC. The molecule has 2 heteroatoms. The van der Waals surface area contributed by atoms with Crippen molar-refractivity contribution in [2.24, 2.45) is 5.92 Å². The van der Waals surface area contributed by atoms with Gasteiger partial charge in [0.25, 0.3) is 0 Å². The maximum absolute atomic E-state index is 3.20. The summed E-state index contributed by atoms with van der Waals surface area (Å²) in [5, 5.41) is 3.20. The Morgan fingerprint density at radius 1 is 1.42 bits per heavy atom. The Bertz CT molecular complexity index is 93.8. The van der Waals surface area contributed by atoms with Crippen molar-refractivity contribution in [1.82, 2.24) is 10.2 Å². The van der Waals surface area contributed by atoms with Crippen LogP contribution in [0.5, 0.6) is 0 Å². The van der Waals surface area contributed by atoms with Crippen LogP contribution in [0.15, 0.2) is 0 Å². The van der Waals surface area contributed by atoms with E-state index >= 15 is 0 Å².